The fraction of sp³-hybridized carbons (Fsp3) is 0.115. The van der Waals surface area contributed by atoms with Gasteiger partial charge in [-0.15, -0.1) is 0 Å². The van der Waals surface area contributed by atoms with E-state index in [2.05, 4.69) is 31.1 Å². The molecule has 0 fully saturated rings. The number of aromatic nitrogens is 3. The molecule has 0 unspecified atom stereocenters. The quantitative estimate of drug-likeness (QED) is 0.232. The number of carboxylic acid groups (broad SMARTS) is 1. The van der Waals surface area contributed by atoms with Gasteiger partial charge in [-0.1, -0.05) is 18.2 Å². The molecule has 0 saturated carbocycles. The normalized spacial score (nSPS) is 10.9. The van der Waals surface area contributed by atoms with Crippen molar-refractivity contribution >= 4 is 52.2 Å². The summed E-state index contributed by atoms with van der Waals surface area (Å²) in [5.74, 6) is -1.93. The van der Waals surface area contributed by atoms with Crippen molar-refractivity contribution in [3.63, 3.8) is 0 Å². The number of para-hydroxylation sites is 1. The van der Waals surface area contributed by atoms with E-state index in [0.717, 1.165) is 28.0 Å². The van der Waals surface area contributed by atoms with Crippen LogP contribution in [0, 0.1) is 0 Å². The van der Waals surface area contributed by atoms with Crippen molar-refractivity contribution in [3.8, 4) is 0 Å². The lowest BCUT2D eigenvalue weighted by Crippen LogP contribution is -2.33. The van der Waals surface area contributed by atoms with E-state index in [1.165, 1.54) is 0 Å². The molecule has 5 N–H and O–H groups in total. The number of anilines is 2. The largest absolute Gasteiger partial charge is 0.480 e. The number of hydrogen-bond donors (Lipinski definition) is 5. The lowest BCUT2D eigenvalue weighted by molar-refractivity contribution is -0.137. The number of nitrogens with zero attached hydrogens (tertiary/aromatic N) is 2. The van der Waals surface area contributed by atoms with Gasteiger partial charge in [-0.25, -0.2) is 0 Å². The van der Waals surface area contributed by atoms with Crippen LogP contribution in [0.25, 0.3) is 23.1 Å². The van der Waals surface area contributed by atoms with Gasteiger partial charge in [-0.2, -0.15) is 5.10 Å². The molecule has 2 aromatic heterocycles. The molecule has 0 aliphatic carbocycles. The van der Waals surface area contributed by atoms with E-state index < -0.39 is 18.4 Å². The van der Waals surface area contributed by atoms with Crippen LogP contribution in [0.3, 0.4) is 0 Å². The molecule has 0 aliphatic rings. The average molecular weight is 485 g/mol. The second-order valence-corrected chi connectivity index (χ2v) is 7.80. The number of nitrogens with one attached hydrogen (secondary N) is 4. The van der Waals surface area contributed by atoms with Gasteiger partial charge in [-0.3, -0.25) is 24.5 Å². The van der Waals surface area contributed by atoms with Crippen LogP contribution in [-0.2, 0) is 9.59 Å². The van der Waals surface area contributed by atoms with Gasteiger partial charge in [-0.05, 0) is 54.6 Å². The molecule has 0 saturated heterocycles. The van der Waals surface area contributed by atoms with Crippen LogP contribution in [0.2, 0.25) is 0 Å². The Bertz CT molecular complexity index is 1410. The molecule has 0 radical (unpaired) electrons. The van der Waals surface area contributed by atoms with E-state index in [1.54, 1.807) is 24.4 Å². The Morgan fingerprint density at radius 1 is 0.972 bits per heavy atom. The Hall–Kier alpha value is -4.99. The van der Waals surface area contributed by atoms with Crippen molar-refractivity contribution in [1.82, 2.24) is 25.8 Å². The maximum atomic E-state index is 12.7. The molecular formula is C26H24N6O4. The summed E-state index contributed by atoms with van der Waals surface area (Å²) in [6.45, 7) is -0.379. The summed E-state index contributed by atoms with van der Waals surface area (Å²) in [5, 5.41) is 25.2. The first-order valence-corrected chi connectivity index (χ1v) is 11.2. The number of benzene rings is 2. The van der Waals surface area contributed by atoms with E-state index in [-0.39, 0.29) is 18.9 Å². The number of amides is 2. The average Bonchev–Trinajstić information content (AvgIpc) is 3.29. The first-order chi connectivity index (χ1) is 17.5. The maximum Gasteiger partial charge on any atom is 0.322 e. The highest BCUT2D eigenvalue weighted by molar-refractivity contribution is 6.01. The van der Waals surface area contributed by atoms with Gasteiger partial charge in [0.25, 0.3) is 5.91 Å². The van der Waals surface area contributed by atoms with Crippen LogP contribution in [0.15, 0.2) is 66.9 Å². The van der Waals surface area contributed by atoms with Crippen LogP contribution in [0.5, 0.6) is 0 Å². The van der Waals surface area contributed by atoms with Gasteiger partial charge >= 0.3 is 5.97 Å². The van der Waals surface area contributed by atoms with Gasteiger partial charge in [0, 0.05) is 30.2 Å². The summed E-state index contributed by atoms with van der Waals surface area (Å²) in [4.78, 5) is 39.1. The number of H-pyrrole nitrogens is 1. The molecule has 0 atom stereocenters. The molecule has 0 bridgehead atoms. The summed E-state index contributed by atoms with van der Waals surface area (Å²) in [6, 6.07) is 18.5. The summed E-state index contributed by atoms with van der Waals surface area (Å²) in [7, 11) is 0. The molecular weight excluding hydrogens is 460 g/mol. The lowest BCUT2D eigenvalue weighted by Gasteiger charge is -2.12. The highest BCUT2D eigenvalue weighted by atomic mass is 16.4. The predicted octanol–water partition coefficient (Wildman–Crippen LogP) is 3.19. The van der Waals surface area contributed by atoms with Crippen LogP contribution < -0.4 is 16.0 Å². The Morgan fingerprint density at radius 3 is 2.61 bits per heavy atom. The van der Waals surface area contributed by atoms with Crippen molar-refractivity contribution in [2.45, 2.75) is 6.42 Å². The Morgan fingerprint density at radius 2 is 1.81 bits per heavy atom. The van der Waals surface area contributed by atoms with Crippen molar-refractivity contribution in [1.29, 1.82) is 0 Å². The first kappa shape index (κ1) is 24.1. The molecule has 10 heteroatoms. The summed E-state index contributed by atoms with van der Waals surface area (Å²) in [5.41, 5.74) is 4.22. The monoisotopic (exact) mass is 484 g/mol. The van der Waals surface area contributed by atoms with Gasteiger partial charge in [0.2, 0.25) is 5.91 Å². The second-order valence-electron chi connectivity index (χ2n) is 7.80. The number of fused-ring (bicyclic) bond motifs is 1. The van der Waals surface area contributed by atoms with Crippen molar-refractivity contribution in [2.75, 3.05) is 18.4 Å². The van der Waals surface area contributed by atoms with Crippen LogP contribution in [-0.4, -0.2) is 51.2 Å². The topological polar surface area (TPSA) is 149 Å². The smallest absolute Gasteiger partial charge is 0.322 e. The minimum absolute atomic E-state index is 0.0256. The summed E-state index contributed by atoms with van der Waals surface area (Å²) >= 11 is 0. The standard InChI is InChI=1S/C26H24N6O4/c33-24(29-16-25(34)35)12-14-28-26(36)20-6-1-2-7-21(20)30-18-8-10-19-22(31-32-23(19)15-18)11-9-17-5-3-4-13-27-17/h1-11,13,15,30H,12,14,16H2,(H,28,36)(H,29,33)(H,31,32)(H,34,35)/b11-9+. The predicted molar refractivity (Wildman–Crippen MR) is 137 cm³/mol. The van der Waals surface area contributed by atoms with E-state index in [1.807, 2.05) is 54.6 Å². The zero-order valence-electron chi connectivity index (χ0n) is 19.2. The Balaban J connectivity index is 1.41. The molecule has 0 spiro atoms. The van der Waals surface area contributed by atoms with Gasteiger partial charge < -0.3 is 21.1 Å². The molecule has 36 heavy (non-hydrogen) atoms. The molecule has 2 heterocycles. The molecule has 182 valence electrons. The summed E-state index contributed by atoms with van der Waals surface area (Å²) in [6.07, 6.45) is 5.50. The van der Waals surface area contributed by atoms with Crippen LogP contribution in [0.1, 0.15) is 28.2 Å². The zero-order valence-corrected chi connectivity index (χ0v) is 19.2. The molecule has 2 amide bonds. The number of aromatic amines is 1. The SMILES string of the molecule is O=C(O)CNC(=O)CCNC(=O)c1ccccc1Nc1ccc2c(/C=C/c3ccccn3)n[nH]c2c1. The third-order valence-corrected chi connectivity index (χ3v) is 5.22. The minimum atomic E-state index is -1.13. The van der Waals surface area contributed by atoms with Crippen LogP contribution in [0.4, 0.5) is 11.4 Å². The highest BCUT2D eigenvalue weighted by Crippen LogP contribution is 2.26. The highest BCUT2D eigenvalue weighted by Gasteiger charge is 2.13. The number of carbonyl (C=O) groups excluding carboxylic acids is 2. The van der Waals surface area contributed by atoms with Crippen molar-refractivity contribution < 1.29 is 19.5 Å². The molecule has 4 aromatic rings. The van der Waals surface area contributed by atoms with E-state index in [0.29, 0.717) is 11.3 Å². The third-order valence-electron chi connectivity index (χ3n) is 5.22. The number of carboxylic acids is 1. The van der Waals surface area contributed by atoms with Crippen molar-refractivity contribution in [2.24, 2.45) is 0 Å². The molecule has 4 rings (SSSR count). The van der Waals surface area contributed by atoms with Crippen LogP contribution >= 0.6 is 0 Å². The Labute approximate surface area is 206 Å². The van der Waals surface area contributed by atoms with Gasteiger partial charge in [0.15, 0.2) is 0 Å². The zero-order chi connectivity index (χ0) is 25.3. The molecule has 0 aliphatic heterocycles. The van der Waals surface area contributed by atoms with E-state index >= 15 is 0 Å². The fourth-order valence-corrected chi connectivity index (χ4v) is 3.48. The molecule has 10 nitrogen and oxygen atoms in total. The van der Waals surface area contributed by atoms with E-state index in [4.69, 9.17) is 5.11 Å². The number of carbonyl (C=O) groups is 3. The number of hydrogen-bond acceptors (Lipinski definition) is 6. The van der Waals surface area contributed by atoms with Crippen molar-refractivity contribution in [3.05, 3.63) is 83.8 Å². The Kier molecular flexibility index (Phi) is 7.66. The fourth-order valence-electron chi connectivity index (χ4n) is 3.48. The second kappa shape index (κ2) is 11.4. The van der Waals surface area contributed by atoms with E-state index in [9.17, 15) is 14.4 Å². The number of pyridine rings is 1. The number of aliphatic carboxylic acids is 1. The third kappa shape index (κ3) is 6.32. The first-order valence-electron chi connectivity index (χ1n) is 11.2. The number of rotatable bonds is 10. The maximum absolute atomic E-state index is 12.7. The van der Waals surface area contributed by atoms with Gasteiger partial charge in [0.05, 0.1) is 28.2 Å². The minimum Gasteiger partial charge on any atom is -0.480 e. The van der Waals surface area contributed by atoms with Gasteiger partial charge in [0.1, 0.15) is 6.54 Å². The summed E-state index contributed by atoms with van der Waals surface area (Å²) < 4.78 is 0. The lowest BCUT2D eigenvalue weighted by atomic mass is 10.1. The molecule has 2 aromatic carbocycles.